The van der Waals surface area contributed by atoms with E-state index in [0.29, 0.717) is 22.9 Å². The second-order valence-electron chi connectivity index (χ2n) is 12.2. The van der Waals surface area contributed by atoms with Crippen LogP contribution >= 0.6 is 12.2 Å². The van der Waals surface area contributed by atoms with Gasteiger partial charge in [-0.05, 0) is 61.7 Å². The summed E-state index contributed by atoms with van der Waals surface area (Å²) in [4.78, 5) is 14.9. The molecule has 206 valence electrons. The van der Waals surface area contributed by atoms with E-state index < -0.39 is 0 Å². The van der Waals surface area contributed by atoms with Crippen molar-refractivity contribution in [2.45, 2.75) is 83.5 Å². The number of anilines is 3. The van der Waals surface area contributed by atoms with Gasteiger partial charge in [-0.15, -0.1) is 0 Å². The summed E-state index contributed by atoms with van der Waals surface area (Å²) < 4.78 is 0. The van der Waals surface area contributed by atoms with E-state index in [9.17, 15) is 0 Å². The molecule has 0 spiro atoms. The van der Waals surface area contributed by atoms with Crippen LogP contribution in [-0.4, -0.2) is 47.8 Å². The van der Waals surface area contributed by atoms with Crippen molar-refractivity contribution in [1.82, 2.24) is 15.3 Å². The highest BCUT2D eigenvalue weighted by Crippen LogP contribution is 2.39. The zero-order valence-corrected chi connectivity index (χ0v) is 24.2. The minimum absolute atomic E-state index is 0.130. The SMILES string of the molecule is C[C@H]1C[C@H](C)CN(c2cc(N3CCCCCC3)nc(NC(=S)NCC3(c4ccccc4)CCCCC3)n2)C1. The Morgan fingerprint density at radius 3 is 2.13 bits per heavy atom. The summed E-state index contributed by atoms with van der Waals surface area (Å²) in [5.41, 5.74) is 1.55. The normalized spacial score (nSPS) is 23.9. The third-order valence-corrected chi connectivity index (χ3v) is 9.08. The number of aromatic nitrogens is 2. The average Bonchev–Trinajstić information content (AvgIpc) is 3.22. The molecule has 3 heterocycles. The van der Waals surface area contributed by atoms with Gasteiger partial charge >= 0.3 is 0 Å². The number of thiocarbonyl (C=S) groups is 1. The Balaban J connectivity index is 1.34. The lowest BCUT2D eigenvalue weighted by Gasteiger charge is -2.38. The van der Waals surface area contributed by atoms with E-state index in [1.54, 1.807) is 0 Å². The lowest BCUT2D eigenvalue weighted by molar-refractivity contribution is 0.292. The van der Waals surface area contributed by atoms with Gasteiger partial charge in [0.25, 0.3) is 0 Å². The molecule has 0 amide bonds. The van der Waals surface area contributed by atoms with Gasteiger partial charge in [-0.25, -0.2) is 0 Å². The second-order valence-corrected chi connectivity index (χ2v) is 12.6. The molecule has 6 nitrogen and oxygen atoms in total. The van der Waals surface area contributed by atoms with Gasteiger partial charge in [-0.1, -0.05) is 76.3 Å². The fraction of sp³-hybridized carbons (Fsp3) is 0.645. The van der Waals surface area contributed by atoms with Crippen LogP contribution in [0.1, 0.15) is 83.6 Å². The van der Waals surface area contributed by atoms with Gasteiger partial charge < -0.3 is 20.4 Å². The zero-order chi connectivity index (χ0) is 26.4. The highest BCUT2D eigenvalue weighted by molar-refractivity contribution is 7.80. The molecule has 2 aromatic rings. The maximum Gasteiger partial charge on any atom is 0.232 e. The summed E-state index contributed by atoms with van der Waals surface area (Å²) >= 11 is 5.83. The number of hydrogen-bond acceptors (Lipinski definition) is 5. The Hall–Kier alpha value is -2.41. The minimum atomic E-state index is 0.130. The van der Waals surface area contributed by atoms with Crippen LogP contribution in [0.4, 0.5) is 17.6 Å². The molecule has 0 unspecified atom stereocenters. The first-order valence-electron chi connectivity index (χ1n) is 15.0. The van der Waals surface area contributed by atoms with Crippen molar-refractivity contribution < 1.29 is 0 Å². The number of rotatable bonds is 6. The van der Waals surface area contributed by atoms with Crippen molar-refractivity contribution in [1.29, 1.82) is 0 Å². The Morgan fingerprint density at radius 1 is 0.868 bits per heavy atom. The molecule has 38 heavy (non-hydrogen) atoms. The lowest BCUT2D eigenvalue weighted by atomic mass is 9.69. The number of nitrogens with one attached hydrogen (secondary N) is 2. The van der Waals surface area contributed by atoms with E-state index >= 15 is 0 Å². The number of piperidine rings is 1. The third-order valence-electron chi connectivity index (χ3n) is 8.83. The number of nitrogens with zero attached hydrogens (tertiary/aromatic N) is 4. The van der Waals surface area contributed by atoms with E-state index in [-0.39, 0.29) is 5.41 Å². The summed E-state index contributed by atoms with van der Waals surface area (Å²) in [7, 11) is 0. The molecule has 0 bridgehead atoms. The van der Waals surface area contributed by atoms with E-state index in [0.717, 1.165) is 44.4 Å². The van der Waals surface area contributed by atoms with Crippen LogP contribution in [0.3, 0.4) is 0 Å². The van der Waals surface area contributed by atoms with Gasteiger partial charge in [0.05, 0.1) is 0 Å². The fourth-order valence-electron chi connectivity index (χ4n) is 6.93. The van der Waals surface area contributed by atoms with Crippen LogP contribution in [0.15, 0.2) is 36.4 Å². The Morgan fingerprint density at radius 2 is 1.47 bits per heavy atom. The van der Waals surface area contributed by atoms with Crippen LogP contribution in [0.5, 0.6) is 0 Å². The van der Waals surface area contributed by atoms with Crippen molar-refractivity contribution in [3.05, 3.63) is 42.0 Å². The number of hydrogen-bond donors (Lipinski definition) is 2. The summed E-state index contributed by atoms with van der Waals surface area (Å²) in [6, 6.07) is 13.2. The maximum absolute atomic E-state index is 5.83. The molecule has 5 rings (SSSR count). The first kappa shape index (κ1) is 27.2. The molecule has 1 aromatic heterocycles. The molecular weight excluding hydrogens is 488 g/mol. The molecule has 2 atom stereocenters. The van der Waals surface area contributed by atoms with Crippen molar-refractivity contribution in [3.8, 4) is 0 Å². The number of benzene rings is 1. The van der Waals surface area contributed by atoms with E-state index in [1.165, 1.54) is 69.8 Å². The molecule has 1 aliphatic carbocycles. The Kier molecular flexibility index (Phi) is 9.03. The van der Waals surface area contributed by atoms with E-state index in [1.807, 2.05) is 0 Å². The van der Waals surface area contributed by atoms with Crippen LogP contribution in [0.25, 0.3) is 0 Å². The molecule has 1 aromatic carbocycles. The van der Waals surface area contributed by atoms with Crippen molar-refractivity contribution >= 4 is 34.9 Å². The molecule has 3 fully saturated rings. The smallest absolute Gasteiger partial charge is 0.232 e. The molecule has 0 radical (unpaired) electrons. The zero-order valence-electron chi connectivity index (χ0n) is 23.4. The third kappa shape index (κ3) is 6.77. The predicted octanol–water partition coefficient (Wildman–Crippen LogP) is 6.53. The van der Waals surface area contributed by atoms with Gasteiger partial charge in [-0.3, -0.25) is 0 Å². The van der Waals surface area contributed by atoms with Gasteiger partial charge in [-0.2, -0.15) is 9.97 Å². The quantitative estimate of drug-likeness (QED) is 0.409. The predicted molar refractivity (Wildman–Crippen MR) is 163 cm³/mol. The topological polar surface area (TPSA) is 56.3 Å². The molecule has 7 heteroatoms. The molecule has 2 N–H and O–H groups in total. The summed E-state index contributed by atoms with van der Waals surface area (Å²) in [6.07, 6.45) is 12.6. The Labute approximate surface area is 235 Å². The molecular formula is C31H46N6S. The van der Waals surface area contributed by atoms with Crippen LogP contribution in [0.2, 0.25) is 0 Å². The van der Waals surface area contributed by atoms with Gasteiger partial charge in [0.2, 0.25) is 5.95 Å². The molecule has 2 aliphatic heterocycles. The summed E-state index contributed by atoms with van der Waals surface area (Å²) in [5.74, 6) is 4.00. The van der Waals surface area contributed by atoms with Crippen LogP contribution in [-0.2, 0) is 5.41 Å². The maximum atomic E-state index is 5.83. The van der Waals surface area contributed by atoms with Crippen molar-refractivity contribution in [2.75, 3.05) is 47.8 Å². The molecule has 1 saturated carbocycles. The highest BCUT2D eigenvalue weighted by atomic mass is 32.1. The van der Waals surface area contributed by atoms with Gasteiger partial charge in [0, 0.05) is 44.2 Å². The first-order valence-corrected chi connectivity index (χ1v) is 15.4. The largest absolute Gasteiger partial charge is 0.361 e. The monoisotopic (exact) mass is 534 g/mol. The van der Waals surface area contributed by atoms with E-state index in [2.05, 4.69) is 70.7 Å². The van der Waals surface area contributed by atoms with Crippen molar-refractivity contribution in [3.63, 3.8) is 0 Å². The second kappa shape index (κ2) is 12.6. The van der Waals surface area contributed by atoms with Crippen LogP contribution in [0, 0.1) is 11.8 Å². The first-order chi connectivity index (χ1) is 18.5. The standard InChI is InChI=1S/C31H46N6S/c1-24-19-25(2)22-37(21-24)28-20-27(36-17-11-3-4-12-18-36)33-29(34-28)35-30(38)32-23-31(15-9-6-10-16-31)26-13-7-5-8-14-26/h5,7-8,13-14,20,24-25H,3-4,6,9-12,15-19,21-23H2,1-2H3,(H2,32,33,34,35,38)/t24-,25-/m0/s1. The van der Waals surface area contributed by atoms with Gasteiger partial charge in [0.15, 0.2) is 5.11 Å². The highest BCUT2D eigenvalue weighted by Gasteiger charge is 2.34. The van der Waals surface area contributed by atoms with Gasteiger partial charge in [0.1, 0.15) is 11.6 Å². The minimum Gasteiger partial charge on any atom is -0.361 e. The van der Waals surface area contributed by atoms with E-state index in [4.69, 9.17) is 22.2 Å². The van der Waals surface area contributed by atoms with Crippen molar-refractivity contribution in [2.24, 2.45) is 11.8 Å². The summed E-state index contributed by atoms with van der Waals surface area (Å²) in [6.45, 7) is 9.75. The average molecular weight is 535 g/mol. The molecule has 3 aliphatic rings. The summed E-state index contributed by atoms with van der Waals surface area (Å²) in [5, 5.41) is 7.58. The molecule has 2 saturated heterocycles. The Bertz CT molecular complexity index is 1040. The lowest BCUT2D eigenvalue weighted by Crippen LogP contribution is -2.44. The fourth-order valence-corrected chi connectivity index (χ4v) is 7.10. The van der Waals surface area contributed by atoms with Crippen LogP contribution < -0.4 is 20.4 Å².